The van der Waals surface area contributed by atoms with E-state index in [2.05, 4.69) is 15.9 Å². The number of ketones is 2. The van der Waals surface area contributed by atoms with Crippen molar-refractivity contribution in [2.45, 2.75) is 12.3 Å². The van der Waals surface area contributed by atoms with E-state index in [1.165, 1.54) is 12.2 Å². The van der Waals surface area contributed by atoms with Crippen LogP contribution in [0.5, 0.6) is 0 Å². The first kappa shape index (κ1) is 12.3. The molecule has 94 valence electrons. The molecule has 0 spiro atoms. The largest absolute Gasteiger partial charge is 0.290 e. The molecule has 19 heavy (non-hydrogen) atoms. The highest BCUT2D eigenvalue weighted by Crippen LogP contribution is 2.40. The van der Waals surface area contributed by atoms with Gasteiger partial charge in [0.25, 0.3) is 0 Å². The first-order chi connectivity index (χ1) is 9.16. The summed E-state index contributed by atoms with van der Waals surface area (Å²) in [6.45, 7) is 0. The van der Waals surface area contributed by atoms with Crippen LogP contribution in [0.25, 0.3) is 0 Å². The zero-order valence-electron chi connectivity index (χ0n) is 10.1. The molecule has 0 saturated heterocycles. The quantitative estimate of drug-likeness (QED) is 0.744. The van der Waals surface area contributed by atoms with Crippen LogP contribution in [-0.2, 0) is 9.59 Å². The van der Waals surface area contributed by atoms with Gasteiger partial charge in [0.05, 0.1) is 0 Å². The van der Waals surface area contributed by atoms with Crippen molar-refractivity contribution in [1.82, 2.24) is 0 Å². The van der Waals surface area contributed by atoms with E-state index in [1.54, 1.807) is 0 Å². The van der Waals surface area contributed by atoms with Crippen LogP contribution in [0.3, 0.4) is 0 Å². The third-order valence-corrected chi connectivity index (χ3v) is 3.98. The summed E-state index contributed by atoms with van der Waals surface area (Å²) in [4.78, 5) is 24.1. The second-order valence-corrected chi connectivity index (χ2v) is 5.65. The summed E-state index contributed by atoms with van der Waals surface area (Å²) in [6, 6.07) is 9.78. The van der Waals surface area contributed by atoms with Gasteiger partial charge in [-0.25, -0.2) is 0 Å². The van der Waals surface area contributed by atoms with Crippen LogP contribution in [0.1, 0.15) is 17.9 Å². The maximum Gasteiger partial charge on any atom is 0.183 e. The molecular formula is C16H11BrO2. The Kier molecular flexibility index (Phi) is 3.07. The van der Waals surface area contributed by atoms with E-state index in [-0.39, 0.29) is 17.5 Å². The maximum atomic E-state index is 12.1. The average Bonchev–Trinajstić information content (AvgIpc) is 2.43. The first-order valence-electron chi connectivity index (χ1n) is 6.08. The Balaban J connectivity index is 2.14. The fraction of sp³-hybridized carbons (Fsp3) is 0.125. The third kappa shape index (κ3) is 2.15. The second-order valence-electron chi connectivity index (χ2n) is 4.63. The smallest absolute Gasteiger partial charge is 0.183 e. The molecule has 0 N–H and O–H groups in total. The van der Waals surface area contributed by atoms with Crippen LogP contribution in [0.2, 0.25) is 0 Å². The highest BCUT2D eigenvalue weighted by Gasteiger charge is 2.32. The number of carbonyl (C=O) groups excluding carboxylic acids is 2. The number of rotatable bonds is 1. The highest BCUT2D eigenvalue weighted by atomic mass is 79.9. The monoisotopic (exact) mass is 314 g/mol. The number of hydrogen-bond donors (Lipinski definition) is 0. The van der Waals surface area contributed by atoms with Gasteiger partial charge in [0.15, 0.2) is 11.6 Å². The summed E-state index contributed by atoms with van der Waals surface area (Å²) < 4.78 is 0.955. The molecule has 2 aliphatic rings. The van der Waals surface area contributed by atoms with Gasteiger partial charge >= 0.3 is 0 Å². The molecule has 0 amide bonds. The minimum Gasteiger partial charge on any atom is -0.290 e. The van der Waals surface area contributed by atoms with Crippen LogP contribution >= 0.6 is 15.9 Å². The zero-order valence-corrected chi connectivity index (χ0v) is 11.7. The lowest BCUT2D eigenvalue weighted by atomic mass is 9.77. The van der Waals surface area contributed by atoms with E-state index < -0.39 is 0 Å². The van der Waals surface area contributed by atoms with Gasteiger partial charge < -0.3 is 0 Å². The van der Waals surface area contributed by atoms with Crippen LogP contribution in [0.4, 0.5) is 0 Å². The van der Waals surface area contributed by atoms with Gasteiger partial charge in [-0.15, -0.1) is 0 Å². The lowest BCUT2D eigenvalue weighted by Gasteiger charge is -2.26. The normalized spacial score (nSPS) is 22.4. The summed E-state index contributed by atoms with van der Waals surface area (Å²) in [6.07, 6.45) is 5.27. The van der Waals surface area contributed by atoms with Gasteiger partial charge in [0.1, 0.15) is 0 Å². The van der Waals surface area contributed by atoms with Gasteiger partial charge in [-0.1, -0.05) is 52.3 Å². The van der Waals surface area contributed by atoms with Crippen molar-refractivity contribution in [2.24, 2.45) is 0 Å². The Morgan fingerprint density at radius 2 is 1.68 bits per heavy atom. The molecule has 0 aliphatic heterocycles. The second kappa shape index (κ2) is 4.74. The van der Waals surface area contributed by atoms with Crippen molar-refractivity contribution < 1.29 is 9.59 Å². The van der Waals surface area contributed by atoms with E-state index in [9.17, 15) is 9.59 Å². The van der Waals surface area contributed by atoms with Crippen molar-refractivity contribution in [1.29, 1.82) is 0 Å². The Labute approximate surface area is 119 Å². The minimum atomic E-state index is -0.138. The molecule has 3 rings (SSSR count). The van der Waals surface area contributed by atoms with Crippen molar-refractivity contribution in [3.8, 4) is 0 Å². The van der Waals surface area contributed by atoms with Crippen LogP contribution in [0, 0.1) is 0 Å². The van der Waals surface area contributed by atoms with Crippen LogP contribution in [-0.4, -0.2) is 11.6 Å². The van der Waals surface area contributed by atoms with Crippen molar-refractivity contribution in [3.05, 3.63) is 69.8 Å². The van der Waals surface area contributed by atoms with E-state index in [4.69, 9.17) is 0 Å². The van der Waals surface area contributed by atoms with Gasteiger partial charge in [-0.2, -0.15) is 0 Å². The number of benzene rings is 1. The third-order valence-electron chi connectivity index (χ3n) is 3.44. The number of carbonyl (C=O) groups is 2. The van der Waals surface area contributed by atoms with Gasteiger partial charge in [-0.05, 0) is 22.2 Å². The minimum absolute atomic E-state index is 0.0550. The standard InChI is InChI=1S/C16H11BrO2/c17-11-8-12(10-4-2-1-3-5-10)16-13(9-11)14(18)6-7-15(16)19/h1-8,12H,9H2. The Morgan fingerprint density at radius 3 is 2.42 bits per heavy atom. The lowest BCUT2D eigenvalue weighted by molar-refractivity contribution is -0.115. The molecule has 1 aromatic carbocycles. The van der Waals surface area contributed by atoms with Gasteiger partial charge in [0, 0.05) is 23.5 Å². The zero-order chi connectivity index (χ0) is 13.4. The van der Waals surface area contributed by atoms with Crippen LogP contribution < -0.4 is 0 Å². The molecule has 0 saturated carbocycles. The number of halogens is 1. The van der Waals surface area contributed by atoms with Gasteiger partial charge in [-0.3, -0.25) is 9.59 Å². The summed E-state index contributed by atoms with van der Waals surface area (Å²) in [5.41, 5.74) is 2.28. The Hall–Kier alpha value is -1.74. The molecule has 0 fully saturated rings. The molecule has 0 aromatic heterocycles. The molecule has 1 atom stereocenters. The molecular weight excluding hydrogens is 304 g/mol. The van der Waals surface area contributed by atoms with Crippen molar-refractivity contribution >= 4 is 27.5 Å². The summed E-state index contributed by atoms with van der Waals surface area (Å²) in [5, 5.41) is 0. The van der Waals surface area contributed by atoms with Crippen molar-refractivity contribution in [2.75, 3.05) is 0 Å². The molecule has 2 nitrogen and oxygen atoms in total. The summed E-state index contributed by atoms with van der Waals surface area (Å²) in [5.74, 6) is -0.249. The average molecular weight is 315 g/mol. The van der Waals surface area contributed by atoms with Crippen LogP contribution in [0.15, 0.2) is 64.2 Å². The van der Waals surface area contributed by atoms with Gasteiger partial charge in [0.2, 0.25) is 0 Å². The summed E-state index contributed by atoms with van der Waals surface area (Å²) in [7, 11) is 0. The molecule has 0 radical (unpaired) electrons. The summed E-state index contributed by atoms with van der Waals surface area (Å²) >= 11 is 3.47. The fourth-order valence-electron chi connectivity index (χ4n) is 2.56. The predicted octanol–water partition coefficient (Wildman–Crippen LogP) is 3.46. The van der Waals surface area contributed by atoms with E-state index >= 15 is 0 Å². The first-order valence-corrected chi connectivity index (χ1v) is 6.87. The molecule has 2 aliphatic carbocycles. The highest BCUT2D eigenvalue weighted by molar-refractivity contribution is 9.11. The predicted molar refractivity (Wildman–Crippen MR) is 77.0 cm³/mol. The fourth-order valence-corrected chi connectivity index (χ4v) is 3.11. The lowest BCUT2D eigenvalue weighted by Crippen LogP contribution is -2.22. The Bertz CT molecular complexity index is 651. The number of hydrogen-bond acceptors (Lipinski definition) is 2. The maximum absolute atomic E-state index is 12.1. The molecule has 0 heterocycles. The van der Waals surface area contributed by atoms with E-state index in [0.29, 0.717) is 17.6 Å². The SMILES string of the molecule is O=C1C=CC(=O)C2=C1CC(Br)=CC2c1ccccc1. The molecule has 0 bridgehead atoms. The molecule has 1 aromatic rings. The van der Waals surface area contributed by atoms with E-state index in [0.717, 1.165) is 10.0 Å². The molecule has 3 heteroatoms. The number of allylic oxidation sites excluding steroid dienone is 6. The van der Waals surface area contributed by atoms with E-state index in [1.807, 2.05) is 36.4 Å². The molecule has 1 unspecified atom stereocenters. The topological polar surface area (TPSA) is 34.1 Å². The van der Waals surface area contributed by atoms with Crippen molar-refractivity contribution in [3.63, 3.8) is 0 Å². The Morgan fingerprint density at radius 1 is 1.00 bits per heavy atom.